The number of H-pyrrole nitrogens is 1. The number of fused-ring (bicyclic) bond motifs is 1. The summed E-state index contributed by atoms with van der Waals surface area (Å²) in [6.07, 6.45) is 4.22. The SMILES string of the molecule is COc1ccccc1/C=C/c1[nH]c2ccccc2c1-c1ccccc1. The molecule has 1 aromatic heterocycles. The van der Waals surface area contributed by atoms with Gasteiger partial charge in [0.15, 0.2) is 0 Å². The third kappa shape index (κ3) is 2.94. The van der Waals surface area contributed by atoms with Crippen molar-refractivity contribution in [3.63, 3.8) is 0 Å². The largest absolute Gasteiger partial charge is 0.496 e. The van der Waals surface area contributed by atoms with Crippen LogP contribution in [0.1, 0.15) is 11.3 Å². The second kappa shape index (κ2) is 6.70. The number of ether oxygens (including phenoxy) is 1. The fourth-order valence-corrected chi connectivity index (χ4v) is 3.18. The van der Waals surface area contributed by atoms with Crippen LogP contribution >= 0.6 is 0 Å². The Hall–Kier alpha value is -3.26. The maximum atomic E-state index is 5.45. The third-order valence-corrected chi connectivity index (χ3v) is 4.37. The Balaban J connectivity index is 1.86. The molecule has 0 atom stereocenters. The highest BCUT2D eigenvalue weighted by molar-refractivity contribution is 6.01. The number of para-hydroxylation sites is 2. The number of aromatic nitrogens is 1. The van der Waals surface area contributed by atoms with E-state index in [1.54, 1.807) is 7.11 Å². The Labute approximate surface area is 147 Å². The Kier molecular flexibility index (Phi) is 4.09. The van der Waals surface area contributed by atoms with E-state index in [0.717, 1.165) is 22.5 Å². The summed E-state index contributed by atoms with van der Waals surface area (Å²) in [7, 11) is 1.70. The summed E-state index contributed by atoms with van der Waals surface area (Å²) in [5.74, 6) is 0.871. The van der Waals surface area contributed by atoms with E-state index in [9.17, 15) is 0 Å². The minimum atomic E-state index is 0.871. The van der Waals surface area contributed by atoms with Crippen molar-refractivity contribution < 1.29 is 4.74 Å². The Bertz CT molecular complexity index is 1030. The average molecular weight is 325 g/mol. The van der Waals surface area contributed by atoms with Crippen LogP contribution in [-0.2, 0) is 0 Å². The van der Waals surface area contributed by atoms with E-state index in [4.69, 9.17) is 4.74 Å². The monoisotopic (exact) mass is 325 g/mol. The molecule has 0 radical (unpaired) electrons. The van der Waals surface area contributed by atoms with Gasteiger partial charge >= 0.3 is 0 Å². The normalized spacial score (nSPS) is 11.2. The summed E-state index contributed by atoms with van der Waals surface area (Å²) in [6, 6.07) is 26.9. The first-order valence-electron chi connectivity index (χ1n) is 8.34. The molecular formula is C23H19NO. The molecule has 0 spiro atoms. The topological polar surface area (TPSA) is 25.0 Å². The van der Waals surface area contributed by atoms with Gasteiger partial charge in [-0.15, -0.1) is 0 Å². The summed E-state index contributed by atoms with van der Waals surface area (Å²) in [6.45, 7) is 0. The van der Waals surface area contributed by atoms with Gasteiger partial charge in [0.25, 0.3) is 0 Å². The molecule has 0 fully saturated rings. The number of aromatic amines is 1. The average Bonchev–Trinajstić information content (AvgIpc) is 3.05. The molecular weight excluding hydrogens is 306 g/mol. The number of nitrogens with one attached hydrogen (secondary N) is 1. The molecule has 0 unspecified atom stereocenters. The third-order valence-electron chi connectivity index (χ3n) is 4.37. The number of methoxy groups -OCH3 is 1. The first-order chi connectivity index (χ1) is 12.4. The Morgan fingerprint density at radius 2 is 1.48 bits per heavy atom. The van der Waals surface area contributed by atoms with Crippen LogP contribution in [0.4, 0.5) is 0 Å². The van der Waals surface area contributed by atoms with Crippen LogP contribution in [0.3, 0.4) is 0 Å². The van der Waals surface area contributed by atoms with Crippen LogP contribution in [0.2, 0.25) is 0 Å². The molecule has 0 amide bonds. The molecule has 3 aromatic carbocycles. The molecule has 2 heteroatoms. The van der Waals surface area contributed by atoms with Crippen molar-refractivity contribution in [2.45, 2.75) is 0 Å². The zero-order valence-electron chi connectivity index (χ0n) is 14.1. The lowest BCUT2D eigenvalue weighted by Gasteiger charge is -2.04. The predicted molar refractivity (Wildman–Crippen MR) is 106 cm³/mol. The zero-order valence-corrected chi connectivity index (χ0v) is 14.1. The maximum absolute atomic E-state index is 5.45. The van der Waals surface area contributed by atoms with E-state index in [1.165, 1.54) is 16.5 Å². The molecule has 0 aliphatic heterocycles. The minimum Gasteiger partial charge on any atom is -0.496 e. The molecule has 1 heterocycles. The van der Waals surface area contributed by atoms with Gasteiger partial charge in [0, 0.05) is 27.7 Å². The van der Waals surface area contributed by atoms with Crippen LogP contribution < -0.4 is 4.74 Å². The van der Waals surface area contributed by atoms with Gasteiger partial charge in [-0.2, -0.15) is 0 Å². The first-order valence-corrected chi connectivity index (χ1v) is 8.34. The van der Waals surface area contributed by atoms with E-state index in [0.29, 0.717) is 0 Å². The van der Waals surface area contributed by atoms with E-state index in [-0.39, 0.29) is 0 Å². The van der Waals surface area contributed by atoms with Crippen LogP contribution in [0.15, 0.2) is 78.9 Å². The fraction of sp³-hybridized carbons (Fsp3) is 0.0435. The number of hydrogen-bond acceptors (Lipinski definition) is 1. The summed E-state index contributed by atoms with van der Waals surface area (Å²) < 4.78 is 5.45. The zero-order chi connectivity index (χ0) is 17.1. The van der Waals surface area contributed by atoms with Gasteiger partial charge in [-0.3, -0.25) is 0 Å². The fourth-order valence-electron chi connectivity index (χ4n) is 3.18. The highest BCUT2D eigenvalue weighted by Crippen LogP contribution is 2.33. The van der Waals surface area contributed by atoms with Crippen molar-refractivity contribution in [2.24, 2.45) is 0 Å². The molecule has 4 aromatic rings. The highest BCUT2D eigenvalue weighted by atomic mass is 16.5. The summed E-state index contributed by atoms with van der Waals surface area (Å²) in [4.78, 5) is 3.54. The standard InChI is InChI=1S/C23H19NO/c1-25-22-14-8-5-9-17(22)15-16-21-23(18-10-3-2-4-11-18)19-12-6-7-13-20(19)24-21/h2-16,24H,1H3/b16-15+. The van der Waals surface area contributed by atoms with Crippen LogP contribution in [0, 0.1) is 0 Å². The van der Waals surface area contributed by atoms with Crippen molar-refractivity contribution >= 4 is 23.1 Å². The lowest BCUT2D eigenvalue weighted by atomic mass is 10.0. The van der Waals surface area contributed by atoms with Crippen molar-refractivity contribution in [1.29, 1.82) is 0 Å². The first kappa shape index (κ1) is 15.3. The highest BCUT2D eigenvalue weighted by Gasteiger charge is 2.11. The van der Waals surface area contributed by atoms with E-state index < -0.39 is 0 Å². The van der Waals surface area contributed by atoms with E-state index in [1.807, 2.05) is 24.3 Å². The van der Waals surface area contributed by atoms with Gasteiger partial charge in [-0.05, 0) is 29.8 Å². The quantitative estimate of drug-likeness (QED) is 0.488. The molecule has 25 heavy (non-hydrogen) atoms. The smallest absolute Gasteiger partial charge is 0.126 e. The molecule has 0 aliphatic carbocycles. The van der Waals surface area contributed by atoms with Crippen molar-refractivity contribution in [3.8, 4) is 16.9 Å². The van der Waals surface area contributed by atoms with E-state index in [2.05, 4.69) is 71.7 Å². The van der Waals surface area contributed by atoms with Gasteiger partial charge in [-0.1, -0.05) is 66.7 Å². The lowest BCUT2D eigenvalue weighted by molar-refractivity contribution is 0.414. The number of rotatable bonds is 4. The van der Waals surface area contributed by atoms with Crippen molar-refractivity contribution in [2.75, 3.05) is 7.11 Å². The summed E-state index contributed by atoms with van der Waals surface area (Å²) in [5, 5.41) is 1.23. The van der Waals surface area contributed by atoms with Crippen LogP contribution in [0.5, 0.6) is 5.75 Å². The minimum absolute atomic E-state index is 0.871. The van der Waals surface area contributed by atoms with Crippen LogP contribution in [0.25, 0.3) is 34.2 Å². The molecule has 4 rings (SSSR count). The number of benzene rings is 3. The van der Waals surface area contributed by atoms with Crippen LogP contribution in [-0.4, -0.2) is 12.1 Å². The second-order valence-electron chi connectivity index (χ2n) is 5.90. The van der Waals surface area contributed by atoms with Gasteiger partial charge in [-0.25, -0.2) is 0 Å². The van der Waals surface area contributed by atoms with E-state index >= 15 is 0 Å². The van der Waals surface area contributed by atoms with Gasteiger partial charge in [0.05, 0.1) is 7.11 Å². The molecule has 0 saturated heterocycles. The van der Waals surface area contributed by atoms with Gasteiger partial charge in [0.2, 0.25) is 0 Å². The van der Waals surface area contributed by atoms with Crippen molar-refractivity contribution in [1.82, 2.24) is 4.98 Å². The Morgan fingerprint density at radius 1 is 0.760 bits per heavy atom. The molecule has 2 nitrogen and oxygen atoms in total. The summed E-state index contributed by atoms with van der Waals surface area (Å²) >= 11 is 0. The predicted octanol–water partition coefficient (Wildman–Crippen LogP) is 6.01. The lowest BCUT2D eigenvalue weighted by Crippen LogP contribution is -1.85. The van der Waals surface area contributed by atoms with Gasteiger partial charge < -0.3 is 9.72 Å². The number of hydrogen-bond donors (Lipinski definition) is 1. The van der Waals surface area contributed by atoms with Crippen molar-refractivity contribution in [3.05, 3.63) is 90.1 Å². The molecule has 1 N–H and O–H groups in total. The Morgan fingerprint density at radius 3 is 2.32 bits per heavy atom. The second-order valence-corrected chi connectivity index (χ2v) is 5.90. The summed E-state index contributed by atoms with van der Waals surface area (Å²) in [5.41, 5.74) is 5.73. The molecule has 0 saturated carbocycles. The maximum Gasteiger partial charge on any atom is 0.126 e. The molecule has 122 valence electrons. The molecule has 0 bridgehead atoms. The van der Waals surface area contributed by atoms with Gasteiger partial charge in [0.1, 0.15) is 5.75 Å². The molecule has 0 aliphatic rings.